The van der Waals surface area contributed by atoms with E-state index in [1.807, 2.05) is 6.92 Å². The van der Waals surface area contributed by atoms with Crippen LogP contribution in [-0.2, 0) is 14.8 Å². The van der Waals surface area contributed by atoms with Crippen molar-refractivity contribution >= 4 is 33.3 Å². The van der Waals surface area contributed by atoms with Gasteiger partial charge in [0.1, 0.15) is 5.82 Å². The van der Waals surface area contributed by atoms with Gasteiger partial charge in [-0.05, 0) is 55.8 Å². The molecule has 1 amide bonds. The number of sulfonamides is 1. The number of rotatable bonds is 5. The lowest BCUT2D eigenvalue weighted by molar-refractivity contribution is -0.117. The monoisotopic (exact) mass is 353 g/mol. The normalized spacial score (nSPS) is 12.7. The zero-order valence-corrected chi connectivity index (χ0v) is 14.1. The Morgan fingerprint density at radius 2 is 1.87 bits per heavy atom. The Hall–Kier alpha value is -1.96. The molecule has 0 saturated heterocycles. The van der Waals surface area contributed by atoms with Gasteiger partial charge in [-0.2, -0.15) is 4.72 Å². The minimum Gasteiger partial charge on any atom is -0.309 e. The summed E-state index contributed by atoms with van der Waals surface area (Å²) in [7, 11) is -3.81. The summed E-state index contributed by atoms with van der Waals surface area (Å²) >= 11 is 5.73. The second-order valence-corrected chi connectivity index (χ2v) is 7.15. The summed E-state index contributed by atoms with van der Waals surface area (Å²) in [4.78, 5) is 16.1. The molecule has 0 aliphatic heterocycles. The molecule has 1 aromatic heterocycles. The number of pyridine rings is 1. The first-order chi connectivity index (χ1) is 10.8. The van der Waals surface area contributed by atoms with Crippen molar-refractivity contribution in [1.82, 2.24) is 9.71 Å². The van der Waals surface area contributed by atoms with Crippen LogP contribution in [0.15, 0.2) is 47.5 Å². The number of carbonyl (C=O) groups excluding carboxylic acids is 1. The Morgan fingerprint density at radius 3 is 2.48 bits per heavy atom. The summed E-state index contributed by atoms with van der Waals surface area (Å²) in [5.74, 6) is -0.131. The standard InChI is InChI=1S/C15H16ClN3O3S/c1-10-7-8-17-14(9-10)18-15(20)11(2)19-23(21,22)13-5-3-12(16)4-6-13/h3-9,11,19H,1-2H3,(H,17,18,20)/t11-/m0/s1. The molecule has 0 radical (unpaired) electrons. The van der Waals surface area contributed by atoms with Crippen molar-refractivity contribution in [2.24, 2.45) is 0 Å². The fraction of sp³-hybridized carbons (Fsp3) is 0.200. The largest absolute Gasteiger partial charge is 0.309 e. The summed E-state index contributed by atoms with van der Waals surface area (Å²) in [6.07, 6.45) is 1.56. The lowest BCUT2D eigenvalue weighted by atomic mass is 10.3. The van der Waals surface area contributed by atoms with E-state index in [1.54, 1.807) is 18.3 Å². The summed E-state index contributed by atoms with van der Waals surface area (Å²) in [5, 5.41) is 3.00. The molecule has 0 unspecified atom stereocenters. The van der Waals surface area contributed by atoms with E-state index in [4.69, 9.17) is 11.6 Å². The van der Waals surface area contributed by atoms with E-state index < -0.39 is 22.0 Å². The van der Waals surface area contributed by atoms with E-state index in [-0.39, 0.29) is 4.90 Å². The van der Waals surface area contributed by atoms with Crippen LogP contribution in [0.2, 0.25) is 5.02 Å². The number of carbonyl (C=O) groups is 1. The molecular formula is C15H16ClN3O3S. The summed E-state index contributed by atoms with van der Waals surface area (Å²) in [5.41, 5.74) is 0.935. The second-order valence-electron chi connectivity index (χ2n) is 5.00. The highest BCUT2D eigenvalue weighted by molar-refractivity contribution is 7.89. The van der Waals surface area contributed by atoms with E-state index >= 15 is 0 Å². The van der Waals surface area contributed by atoms with Crippen LogP contribution < -0.4 is 10.0 Å². The molecule has 1 atom stereocenters. The van der Waals surface area contributed by atoms with Crippen LogP contribution >= 0.6 is 11.6 Å². The second kappa shape index (κ2) is 7.08. The maximum Gasteiger partial charge on any atom is 0.243 e. The van der Waals surface area contributed by atoms with Crippen LogP contribution in [0.3, 0.4) is 0 Å². The minimum atomic E-state index is -3.81. The van der Waals surface area contributed by atoms with Gasteiger partial charge in [-0.1, -0.05) is 11.6 Å². The molecule has 2 N–H and O–H groups in total. The third-order valence-corrected chi connectivity index (χ3v) is 4.82. The number of nitrogens with one attached hydrogen (secondary N) is 2. The van der Waals surface area contributed by atoms with Crippen LogP contribution in [0.25, 0.3) is 0 Å². The molecule has 0 aliphatic carbocycles. The number of hydrogen-bond donors (Lipinski definition) is 2. The molecule has 0 aliphatic rings. The fourth-order valence-corrected chi connectivity index (χ4v) is 3.14. The lowest BCUT2D eigenvalue weighted by Gasteiger charge is -2.14. The van der Waals surface area contributed by atoms with Gasteiger partial charge < -0.3 is 5.32 Å². The van der Waals surface area contributed by atoms with Gasteiger partial charge in [0.05, 0.1) is 10.9 Å². The summed E-state index contributed by atoms with van der Waals surface area (Å²) in [6, 6.07) is 8.21. The number of aryl methyl sites for hydroxylation is 1. The third-order valence-electron chi connectivity index (χ3n) is 3.02. The van der Waals surface area contributed by atoms with Gasteiger partial charge in [0.15, 0.2) is 0 Å². The first kappa shape index (κ1) is 17.4. The van der Waals surface area contributed by atoms with Crippen molar-refractivity contribution in [3.05, 3.63) is 53.2 Å². The zero-order valence-electron chi connectivity index (χ0n) is 12.6. The van der Waals surface area contributed by atoms with Crippen molar-refractivity contribution in [2.75, 3.05) is 5.32 Å². The Kier molecular flexibility index (Phi) is 5.35. The Morgan fingerprint density at radius 1 is 1.22 bits per heavy atom. The van der Waals surface area contributed by atoms with Gasteiger partial charge in [-0.15, -0.1) is 0 Å². The molecule has 122 valence electrons. The van der Waals surface area contributed by atoms with Crippen molar-refractivity contribution in [3.8, 4) is 0 Å². The van der Waals surface area contributed by atoms with Crippen molar-refractivity contribution in [1.29, 1.82) is 0 Å². The number of anilines is 1. The summed E-state index contributed by atoms with van der Waals surface area (Å²) < 4.78 is 26.7. The topological polar surface area (TPSA) is 88.2 Å². The number of aromatic nitrogens is 1. The van der Waals surface area contributed by atoms with Gasteiger partial charge in [-0.3, -0.25) is 4.79 Å². The predicted octanol–water partition coefficient (Wildman–Crippen LogP) is 2.35. The van der Waals surface area contributed by atoms with Gasteiger partial charge in [0, 0.05) is 11.2 Å². The first-order valence-corrected chi connectivity index (χ1v) is 8.65. The van der Waals surface area contributed by atoms with Crippen LogP contribution in [0, 0.1) is 6.92 Å². The molecule has 23 heavy (non-hydrogen) atoms. The Balaban J connectivity index is 2.06. The highest BCUT2D eigenvalue weighted by Gasteiger charge is 2.22. The Bertz CT molecular complexity index is 807. The van der Waals surface area contributed by atoms with Crippen LogP contribution in [0.5, 0.6) is 0 Å². The molecule has 8 heteroatoms. The van der Waals surface area contributed by atoms with E-state index in [9.17, 15) is 13.2 Å². The molecular weight excluding hydrogens is 338 g/mol. The first-order valence-electron chi connectivity index (χ1n) is 6.79. The van der Waals surface area contributed by atoms with Crippen LogP contribution in [0.1, 0.15) is 12.5 Å². The van der Waals surface area contributed by atoms with Crippen molar-refractivity contribution < 1.29 is 13.2 Å². The van der Waals surface area contributed by atoms with Gasteiger partial charge in [0.2, 0.25) is 15.9 Å². The molecule has 2 aromatic rings. The van der Waals surface area contributed by atoms with Gasteiger partial charge in [-0.25, -0.2) is 13.4 Å². The Labute approximate surface area is 139 Å². The average molecular weight is 354 g/mol. The minimum absolute atomic E-state index is 0.0373. The van der Waals surface area contributed by atoms with Crippen LogP contribution in [-0.4, -0.2) is 25.4 Å². The highest BCUT2D eigenvalue weighted by Crippen LogP contribution is 2.14. The smallest absolute Gasteiger partial charge is 0.243 e. The molecule has 1 aromatic carbocycles. The zero-order chi connectivity index (χ0) is 17.0. The molecule has 0 fully saturated rings. The van der Waals surface area contributed by atoms with E-state index in [2.05, 4.69) is 15.0 Å². The maximum absolute atomic E-state index is 12.2. The van der Waals surface area contributed by atoms with Crippen molar-refractivity contribution in [2.45, 2.75) is 24.8 Å². The number of halogens is 1. The van der Waals surface area contributed by atoms with Crippen LogP contribution in [0.4, 0.5) is 5.82 Å². The SMILES string of the molecule is Cc1ccnc(NC(=O)[C@H](C)NS(=O)(=O)c2ccc(Cl)cc2)c1. The molecule has 6 nitrogen and oxygen atoms in total. The fourth-order valence-electron chi connectivity index (χ4n) is 1.81. The highest BCUT2D eigenvalue weighted by atomic mass is 35.5. The lowest BCUT2D eigenvalue weighted by Crippen LogP contribution is -2.41. The average Bonchev–Trinajstić information content (AvgIpc) is 2.47. The number of hydrogen-bond acceptors (Lipinski definition) is 4. The quantitative estimate of drug-likeness (QED) is 0.863. The third kappa shape index (κ3) is 4.75. The van der Waals surface area contributed by atoms with Crippen molar-refractivity contribution in [3.63, 3.8) is 0 Å². The number of amides is 1. The number of benzene rings is 1. The summed E-state index contributed by atoms with van der Waals surface area (Å²) in [6.45, 7) is 3.32. The molecule has 1 heterocycles. The van der Waals surface area contributed by atoms with E-state index in [1.165, 1.54) is 31.2 Å². The predicted molar refractivity (Wildman–Crippen MR) is 88.8 cm³/mol. The molecule has 0 saturated carbocycles. The molecule has 0 spiro atoms. The van der Waals surface area contributed by atoms with Gasteiger partial charge >= 0.3 is 0 Å². The molecule has 2 rings (SSSR count). The number of nitrogens with zero attached hydrogens (tertiary/aromatic N) is 1. The molecule has 0 bridgehead atoms. The van der Waals surface area contributed by atoms with Gasteiger partial charge in [0.25, 0.3) is 0 Å². The maximum atomic E-state index is 12.2. The van der Waals surface area contributed by atoms with E-state index in [0.717, 1.165) is 5.56 Å². The van der Waals surface area contributed by atoms with E-state index in [0.29, 0.717) is 10.8 Å².